The Morgan fingerprint density at radius 2 is 0.969 bits per heavy atom. The Kier molecular flexibility index (Phi) is 6.86. The normalized spacial score (nSPS) is 10.2. The Morgan fingerprint density at radius 3 is 1.31 bits per heavy atom. The minimum Gasteiger partial charge on any atom is -0.308 e. The number of rotatable bonds is 10. The molecule has 0 spiro atoms. The van der Waals surface area contributed by atoms with Gasteiger partial charge in [-0.2, -0.15) is 0 Å². The molecule has 0 aliphatic heterocycles. The second-order valence-electron chi connectivity index (χ2n) is 6.73. The second-order valence-corrected chi connectivity index (χ2v) is 6.73. The van der Waals surface area contributed by atoms with Crippen LogP contribution in [0.2, 0.25) is 0 Å². The van der Waals surface area contributed by atoms with E-state index >= 15 is 0 Å². The molecule has 10 heteroatoms. The molecule has 0 bridgehead atoms. The van der Waals surface area contributed by atoms with Crippen LogP contribution in [0.3, 0.4) is 0 Å². The Labute approximate surface area is 182 Å². The number of nitrogens with zero attached hydrogens (tertiary/aromatic N) is 4. The number of amides is 2. The fraction of sp³-hybridized carbons (Fsp3) is 0.0909. The van der Waals surface area contributed by atoms with Crippen molar-refractivity contribution in [2.24, 2.45) is 0 Å². The van der Waals surface area contributed by atoms with Crippen LogP contribution in [0.15, 0.2) is 72.8 Å². The Hall–Kier alpha value is -4.60. The molecule has 0 fully saturated rings. The van der Waals surface area contributed by atoms with Crippen molar-refractivity contribution >= 4 is 35.6 Å². The van der Waals surface area contributed by atoms with Gasteiger partial charge in [-0.05, 0) is 12.1 Å². The summed E-state index contributed by atoms with van der Waals surface area (Å²) < 4.78 is 0. The lowest BCUT2D eigenvalue weighted by Gasteiger charge is -2.26. The summed E-state index contributed by atoms with van der Waals surface area (Å²) in [5.41, 5.74) is 1.01. The third kappa shape index (κ3) is 4.75. The number of carbonyl (C=O) groups excluding carboxylic acids is 2. The molecule has 0 N–H and O–H groups in total. The largest absolute Gasteiger partial charge is 0.308 e. The molecule has 3 aromatic rings. The Balaban J connectivity index is 1.98. The highest BCUT2D eigenvalue weighted by Crippen LogP contribution is 2.32. The van der Waals surface area contributed by atoms with Crippen LogP contribution in [-0.4, -0.2) is 22.7 Å². The van der Waals surface area contributed by atoms with E-state index < -0.39 is 9.85 Å². The summed E-state index contributed by atoms with van der Waals surface area (Å²) in [6, 6.07) is 18.6. The monoisotopic (exact) mass is 434 g/mol. The first kappa shape index (κ1) is 22.1. The van der Waals surface area contributed by atoms with Crippen molar-refractivity contribution in [3.63, 3.8) is 0 Å². The van der Waals surface area contributed by atoms with Crippen molar-refractivity contribution in [3.8, 4) is 0 Å². The van der Waals surface area contributed by atoms with Crippen LogP contribution >= 0.6 is 0 Å². The van der Waals surface area contributed by atoms with E-state index in [1.807, 2.05) is 0 Å². The van der Waals surface area contributed by atoms with Crippen molar-refractivity contribution < 1.29 is 19.4 Å². The zero-order valence-corrected chi connectivity index (χ0v) is 16.7. The first-order valence-electron chi connectivity index (χ1n) is 9.43. The van der Waals surface area contributed by atoms with E-state index in [1.165, 1.54) is 34.1 Å². The average molecular weight is 434 g/mol. The van der Waals surface area contributed by atoms with Gasteiger partial charge in [-0.1, -0.05) is 48.5 Å². The molecule has 0 atom stereocenters. The molecule has 0 unspecified atom stereocenters. The van der Waals surface area contributed by atoms with Gasteiger partial charge in [0.15, 0.2) is 0 Å². The molecule has 3 aromatic carbocycles. The summed E-state index contributed by atoms with van der Waals surface area (Å²) in [5, 5.41) is 22.7. The van der Waals surface area contributed by atoms with E-state index in [2.05, 4.69) is 0 Å². The molecule has 0 aliphatic rings. The van der Waals surface area contributed by atoms with E-state index in [-0.39, 0.29) is 24.5 Å². The summed E-state index contributed by atoms with van der Waals surface area (Å²) >= 11 is 0. The maximum absolute atomic E-state index is 11.9. The van der Waals surface area contributed by atoms with Gasteiger partial charge >= 0.3 is 0 Å². The highest BCUT2D eigenvalue weighted by atomic mass is 16.6. The molecule has 162 valence electrons. The summed E-state index contributed by atoms with van der Waals surface area (Å²) in [6.45, 7) is -0.203. The third-order valence-corrected chi connectivity index (χ3v) is 4.81. The molecule has 3 rings (SSSR count). The summed E-state index contributed by atoms with van der Waals surface area (Å²) in [4.78, 5) is 47.9. The van der Waals surface area contributed by atoms with Gasteiger partial charge in [0, 0.05) is 23.3 Å². The molecule has 0 heterocycles. The summed E-state index contributed by atoms with van der Waals surface area (Å²) in [5.74, 6) is 0. The zero-order valence-electron chi connectivity index (χ0n) is 16.7. The van der Waals surface area contributed by atoms with Gasteiger partial charge in [0.2, 0.25) is 12.8 Å². The van der Waals surface area contributed by atoms with Gasteiger partial charge in [-0.3, -0.25) is 29.8 Å². The molecule has 0 aromatic heterocycles. The first-order valence-corrected chi connectivity index (χ1v) is 9.43. The van der Waals surface area contributed by atoms with Gasteiger partial charge in [0.25, 0.3) is 11.4 Å². The number of benzene rings is 3. The minimum atomic E-state index is -0.531. The molecule has 0 saturated heterocycles. The number of nitro groups is 2. The Bertz CT molecular complexity index is 1080. The van der Waals surface area contributed by atoms with Crippen molar-refractivity contribution in [1.29, 1.82) is 0 Å². The molecule has 0 radical (unpaired) electrons. The van der Waals surface area contributed by atoms with Crippen LogP contribution in [-0.2, 0) is 22.7 Å². The topological polar surface area (TPSA) is 127 Å². The van der Waals surface area contributed by atoms with E-state index in [0.29, 0.717) is 35.3 Å². The van der Waals surface area contributed by atoms with Gasteiger partial charge in [-0.25, -0.2) is 0 Å². The maximum Gasteiger partial charge on any atom is 0.274 e. The number of para-hydroxylation sites is 4. The van der Waals surface area contributed by atoms with Crippen LogP contribution < -0.4 is 9.80 Å². The zero-order chi connectivity index (χ0) is 23.1. The maximum atomic E-state index is 11.9. The van der Waals surface area contributed by atoms with Crippen molar-refractivity contribution in [2.75, 3.05) is 9.80 Å². The third-order valence-electron chi connectivity index (χ3n) is 4.81. The molecule has 0 saturated carbocycles. The standard InChI is InChI=1S/C22H18N4O6/c27-15-23(13-17-7-1-3-9-19(17)25(29)30)21-11-5-6-12-22(21)24(16-28)14-18-8-2-4-10-20(18)26(31)32/h1-12,15-16H,13-14H2. The summed E-state index contributed by atoms with van der Waals surface area (Å²) in [7, 11) is 0. The van der Waals surface area contributed by atoms with Crippen LogP contribution in [0.4, 0.5) is 22.7 Å². The van der Waals surface area contributed by atoms with Gasteiger partial charge < -0.3 is 9.80 Å². The number of anilines is 2. The lowest BCUT2D eigenvalue weighted by Crippen LogP contribution is -2.27. The van der Waals surface area contributed by atoms with Crippen molar-refractivity contribution in [3.05, 3.63) is 104 Å². The smallest absolute Gasteiger partial charge is 0.274 e. The van der Waals surface area contributed by atoms with Crippen LogP contribution in [0.25, 0.3) is 0 Å². The van der Waals surface area contributed by atoms with E-state index in [4.69, 9.17) is 0 Å². The predicted octanol–water partition coefficient (Wildman–Crippen LogP) is 3.83. The molecular weight excluding hydrogens is 416 g/mol. The van der Waals surface area contributed by atoms with Crippen LogP contribution in [0.1, 0.15) is 11.1 Å². The first-order chi connectivity index (χ1) is 15.5. The molecule has 32 heavy (non-hydrogen) atoms. The van der Waals surface area contributed by atoms with E-state index in [0.717, 1.165) is 0 Å². The van der Waals surface area contributed by atoms with Crippen molar-refractivity contribution in [1.82, 2.24) is 0 Å². The van der Waals surface area contributed by atoms with Gasteiger partial charge in [0.05, 0.1) is 34.3 Å². The van der Waals surface area contributed by atoms with Gasteiger partial charge in [-0.15, -0.1) is 0 Å². The lowest BCUT2D eigenvalue weighted by atomic mass is 10.1. The Morgan fingerprint density at radius 1 is 0.625 bits per heavy atom. The summed E-state index contributed by atoms with van der Waals surface area (Å²) in [6.07, 6.45) is 1.03. The molecule has 0 aliphatic carbocycles. The van der Waals surface area contributed by atoms with E-state index in [1.54, 1.807) is 48.5 Å². The number of hydrogen-bond acceptors (Lipinski definition) is 6. The fourth-order valence-corrected chi connectivity index (χ4v) is 3.32. The SMILES string of the molecule is O=CN(Cc1ccccc1[N+](=O)[O-])c1ccccc1N(C=O)Cc1ccccc1[N+](=O)[O-]. The number of hydrogen-bond donors (Lipinski definition) is 0. The lowest BCUT2D eigenvalue weighted by molar-refractivity contribution is -0.385. The van der Waals surface area contributed by atoms with Crippen LogP contribution in [0.5, 0.6) is 0 Å². The minimum absolute atomic E-state index is 0.101. The fourth-order valence-electron chi connectivity index (χ4n) is 3.32. The average Bonchev–Trinajstić information content (AvgIpc) is 2.81. The molecule has 10 nitrogen and oxygen atoms in total. The van der Waals surface area contributed by atoms with E-state index in [9.17, 15) is 29.8 Å². The van der Waals surface area contributed by atoms with Crippen molar-refractivity contribution in [2.45, 2.75) is 13.1 Å². The highest BCUT2D eigenvalue weighted by molar-refractivity contribution is 5.90. The quantitative estimate of drug-likeness (QED) is 0.271. The molecular formula is C22H18N4O6. The predicted molar refractivity (Wildman–Crippen MR) is 117 cm³/mol. The van der Waals surface area contributed by atoms with Crippen LogP contribution in [0, 0.1) is 20.2 Å². The molecule has 2 amide bonds. The van der Waals surface area contributed by atoms with Gasteiger partial charge in [0.1, 0.15) is 0 Å². The number of nitro benzene ring substituents is 2. The second kappa shape index (κ2) is 9.94. The highest BCUT2D eigenvalue weighted by Gasteiger charge is 2.22. The number of carbonyl (C=O) groups is 2.